The number of ether oxygens (including phenoxy) is 1. The Kier molecular flexibility index (Phi) is 6.21. The largest absolute Gasteiger partial charge is 0.383 e. The van der Waals surface area contributed by atoms with Crippen LogP contribution in [-0.2, 0) is 11.5 Å². The lowest BCUT2D eigenvalue weighted by Gasteiger charge is -2.32. The number of piperazine rings is 1. The summed E-state index contributed by atoms with van der Waals surface area (Å²) in [7, 11) is 1.03. The summed E-state index contributed by atoms with van der Waals surface area (Å²) < 4.78 is 7.83. The van der Waals surface area contributed by atoms with Crippen molar-refractivity contribution in [2.75, 3.05) is 50.5 Å². The van der Waals surface area contributed by atoms with E-state index < -0.39 is 8.07 Å². The Morgan fingerprint density at radius 2 is 1.84 bits per heavy atom. The quantitative estimate of drug-likeness (QED) is 0.442. The van der Waals surface area contributed by atoms with Gasteiger partial charge in [0.2, 0.25) is 5.95 Å². The first-order valence-electron chi connectivity index (χ1n) is 10.8. The van der Waals surface area contributed by atoms with Gasteiger partial charge in [0.15, 0.2) is 5.65 Å². The van der Waals surface area contributed by atoms with Crippen molar-refractivity contribution in [2.45, 2.75) is 32.4 Å². The number of nitrogen functional groups attached to an aromatic ring is 1. The number of anilines is 2. The molecule has 1 saturated heterocycles. The van der Waals surface area contributed by atoms with Gasteiger partial charge in [-0.1, -0.05) is 19.6 Å². The first kappa shape index (κ1) is 21.7. The third kappa shape index (κ3) is 5.20. The van der Waals surface area contributed by atoms with E-state index in [4.69, 9.17) is 15.5 Å². The van der Waals surface area contributed by atoms with Gasteiger partial charge in [-0.05, 0) is 19.2 Å². The van der Waals surface area contributed by atoms with E-state index in [1.807, 2.05) is 16.8 Å². The molecule has 0 radical (unpaired) electrons. The lowest BCUT2D eigenvalue weighted by atomic mass is 10.2. The Morgan fingerprint density at radius 3 is 2.55 bits per heavy atom. The van der Waals surface area contributed by atoms with Crippen molar-refractivity contribution >= 4 is 31.0 Å². The molecule has 0 aromatic carbocycles. The zero-order chi connectivity index (χ0) is 22.0. The topological polar surface area (TPSA) is 98.2 Å². The van der Waals surface area contributed by atoms with E-state index in [0.29, 0.717) is 29.8 Å². The monoisotopic (exact) mass is 440 g/mol. The normalized spacial score (nSPS) is 15.7. The van der Waals surface area contributed by atoms with Crippen LogP contribution < -0.4 is 10.6 Å². The summed E-state index contributed by atoms with van der Waals surface area (Å²) in [5, 5.41) is 0. The molecule has 31 heavy (non-hydrogen) atoms. The summed E-state index contributed by atoms with van der Waals surface area (Å²) in [4.78, 5) is 22.9. The molecule has 166 valence electrons. The molecule has 0 spiro atoms. The maximum atomic E-state index is 6.27. The number of likely N-dealkylation sites (N-methyl/N-ethyl adjacent to an activating group) is 1. The molecule has 0 aliphatic carbocycles. The van der Waals surface area contributed by atoms with Gasteiger partial charge in [-0.25, -0.2) is 15.0 Å². The molecule has 9 nitrogen and oxygen atoms in total. The second-order valence-corrected chi connectivity index (χ2v) is 15.0. The van der Waals surface area contributed by atoms with Crippen LogP contribution in [0.5, 0.6) is 0 Å². The SMILES string of the molecule is CN1CCN(c2ncc(-c3cnc4c(ccn4COCC[Si](C)(C)C)n3)c(N)n2)CC1. The lowest BCUT2D eigenvalue weighted by Crippen LogP contribution is -2.45. The van der Waals surface area contributed by atoms with Crippen LogP contribution in [0, 0.1) is 0 Å². The van der Waals surface area contributed by atoms with Gasteiger partial charge in [0, 0.05) is 53.3 Å². The fourth-order valence-corrected chi connectivity index (χ4v) is 4.23. The highest BCUT2D eigenvalue weighted by molar-refractivity contribution is 6.76. The molecule has 0 amide bonds. The van der Waals surface area contributed by atoms with E-state index in [1.165, 1.54) is 0 Å². The van der Waals surface area contributed by atoms with Crippen LogP contribution in [0.2, 0.25) is 25.7 Å². The number of fused-ring (bicyclic) bond motifs is 1. The van der Waals surface area contributed by atoms with Crippen molar-refractivity contribution in [3.8, 4) is 11.3 Å². The maximum Gasteiger partial charge on any atom is 0.227 e. The Bertz CT molecular complexity index is 1040. The van der Waals surface area contributed by atoms with Gasteiger partial charge in [0.05, 0.1) is 17.5 Å². The first-order valence-corrected chi connectivity index (χ1v) is 14.5. The third-order valence-electron chi connectivity index (χ3n) is 5.56. The summed E-state index contributed by atoms with van der Waals surface area (Å²) in [6, 6.07) is 3.09. The summed E-state index contributed by atoms with van der Waals surface area (Å²) in [5.74, 6) is 1.09. The molecule has 0 bridgehead atoms. The van der Waals surface area contributed by atoms with Gasteiger partial charge in [-0.15, -0.1) is 0 Å². The minimum Gasteiger partial charge on any atom is -0.383 e. The summed E-state index contributed by atoms with van der Waals surface area (Å²) in [6.07, 6.45) is 5.44. The molecule has 3 aromatic heterocycles. The third-order valence-corrected chi connectivity index (χ3v) is 7.26. The molecule has 4 heterocycles. The molecule has 4 rings (SSSR count). The van der Waals surface area contributed by atoms with E-state index in [-0.39, 0.29) is 0 Å². The Labute approximate surface area is 184 Å². The molecule has 1 fully saturated rings. The van der Waals surface area contributed by atoms with Gasteiger partial charge < -0.3 is 24.8 Å². The van der Waals surface area contributed by atoms with Crippen LogP contribution in [0.15, 0.2) is 24.7 Å². The highest BCUT2D eigenvalue weighted by atomic mass is 28.3. The van der Waals surface area contributed by atoms with Crippen LogP contribution >= 0.6 is 0 Å². The minimum absolute atomic E-state index is 0.423. The second kappa shape index (κ2) is 8.89. The van der Waals surface area contributed by atoms with E-state index in [9.17, 15) is 0 Å². The number of hydrogen-bond acceptors (Lipinski definition) is 8. The number of nitrogens with zero attached hydrogens (tertiary/aromatic N) is 7. The van der Waals surface area contributed by atoms with Gasteiger partial charge in [-0.2, -0.15) is 4.98 Å². The van der Waals surface area contributed by atoms with Crippen LogP contribution in [0.3, 0.4) is 0 Å². The fraction of sp³-hybridized carbons (Fsp3) is 0.524. The van der Waals surface area contributed by atoms with Gasteiger partial charge in [0.25, 0.3) is 0 Å². The molecule has 2 N–H and O–H groups in total. The predicted octanol–water partition coefficient (Wildman–Crippen LogP) is 2.53. The molecule has 1 aliphatic heterocycles. The fourth-order valence-electron chi connectivity index (χ4n) is 3.48. The average Bonchev–Trinajstić information content (AvgIpc) is 3.13. The van der Waals surface area contributed by atoms with Gasteiger partial charge in [0.1, 0.15) is 18.1 Å². The minimum atomic E-state index is -1.09. The zero-order valence-electron chi connectivity index (χ0n) is 18.9. The molecule has 0 unspecified atom stereocenters. The molecule has 1 aliphatic rings. The predicted molar refractivity (Wildman–Crippen MR) is 127 cm³/mol. The highest BCUT2D eigenvalue weighted by Crippen LogP contribution is 2.25. The number of nitrogens with two attached hydrogens (primary N) is 1. The van der Waals surface area contributed by atoms with Crippen molar-refractivity contribution < 1.29 is 4.74 Å². The Hall–Kier alpha value is -2.56. The molecule has 0 atom stereocenters. The van der Waals surface area contributed by atoms with Crippen molar-refractivity contribution in [3.63, 3.8) is 0 Å². The van der Waals surface area contributed by atoms with Crippen LogP contribution in [-0.4, -0.2) is 77.3 Å². The van der Waals surface area contributed by atoms with Gasteiger partial charge in [-0.3, -0.25) is 0 Å². The first-order chi connectivity index (χ1) is 14.8. The molecular weight excluding hydrogens is 408 g/mol. The van der Waals surface area contributed by atoms with Crippen LogP contribution in [0.1, 0.15) is 0 Å². The van der Waals surface area contributed by atoms with E-state index in [0.717, 1.165) is 50.0 Å². The number of hydrogen-bond donors (Lipinski definition) is 1. The zero-order valence-corrected chi connectivity index (χ0v) is 19.9. The van der Waals surface area contributed by atoms with Crippen molar-refractivity contribution in [3.05, 3.63) is 24.7 Å². The Balaban J connectivity index is 1.47. The number of rotatable bonds is 7. The lowest BCUT2D eigenvalue weighted by molar-refractivity contribution is 0.0899. The summed E-state index contributed by atoms with van der Waals surface area (Å²) in [5.41, 5.74) is 9.25. The van der Waals surface area contributed by atoms with Gasteiger partial charge >= 0.3 is 0 Å². The van der Waals surface area contributed by atoms with Crippen molar-refractivity contribution in [1.82, 2.24) is 29.4 Å². The standard InChI is InChI=1S/C21H32N8OSi/c1-27-7-9-28(10-8-27)21-24-13-16(19(22)26-21)18-14-23-20-17(25-18)5-6-29(20)15-30-11-12-31(2,3)4/h5-6,13-14H,7-12,15H2,1-4H3,(H2,22,24,26). The second-order valence-electron chi connectivity index (χ2n) is 9.36. The summed E-state index contributed by atoms with van der Waals surface area (Å²) >= 11 is 0. The van der Waals surface area contributed by atoms with E-state index >= 15 is 0 Å². The van der Waals surface area contributed by atoms with Crippen molar-refractivity contribution in [1.29, 1.82) is 0 Å². The molecule has 10 heteroatoms. The average molecular weight is 441 g/mol. The van der Waals surface area contributed by atoms with E-state index in [2.05, 4.69) is 51.4 Å². The highest BCUT2D eigenvalue weighted by Gasteiger charge is 2.18. The van der Waals surface area contributed by atoms with Crippen LogP contribution in [0.25, 0.3) is 22.4 Å². The van der Waals surface area contributed by atoms with Crippen molar-refractivity contribution in [2.24, 2.45) is 0 Å². The summed E-state index contributed by atoms with van der Waals surface area (Å²) in [6.45, 7) is 12.1. The Morgan fingerprint density at radius 1 is 1.06 bits per heavy atom. The number of aromatic nitrogens is 5. The molecule has 0 saturated carbocycles. The van der Waals surface area contributed by atoms with E-state index in [1.54, 1.807) is 12.4 Å². The van der Waals surface area contributed by atoms with Crippen LogP contribution in [0.4, 0.5) is 11.8 Å². The molecule has 3 aromatic rings. The maximum absolute atomic E-state index is 6.27. The smallest absolute Gasteiger partial charge is 0.227 e. The molecular formula is C21H32N8OSi.